The number of rotatable bonds is 2. The Labute approximate surface area is 122 Å². The van der Waals surface area contributed by atoms with Crippen LogP contribution in [0, 0.1) is 0 Å². The fraction of sp³-hybridized carbons (Fsp3) is 0.357. The van der Waals surface area contributed by atoms with Crippen LogP contribution in [0.3, 0.4) is 0 Å². The molecule has 1 aliphatic heterocycles. The first-order chi connectivity index (χ1) is 10.2. The molecule has 0 radical (unpaired) electrons. The van der Waals surface area contributed by atoms with E-state index in [0.29, 0.717) is 0 Å². The highest BCUT2D eigenvalue weighted by molar-refractivity contribution is 5.57. The van der Waals surface area contributed by atoms with E-state index >= 15 is 0 Å². The highest BCUT2D eigenvalue weighted by atomic mass is 15.4. The van der Waals surface area contributed by atoms with Crippen LogP contribution in [0.15, 0.2) is 30.9 Å². The number of anilines is 1. The molecule has 0 saturated heterocycles. The molecule has 0 aromatic carbocycles. The molecular weight excluding hydrogens is 266 g/mol. The van der Waals surface area contributed by atoms with Crippen molar-refractivity contribution >= 4 is 5.82 Å². The molecule has 4 rings (SSSR count). The van der Waals surface area contributed by atoms with Gasteiger partial charge in [-0.15, -0.1) is 0 Å². The summed E-state index contributed by atoms with van der Waals surface area (Å²) in [5.74, 6) is 1.91. The minimum absolute atomic E-state index is 0.226. The van der Waals surface area contributed by atoms with E-state index in [4.69, 9.17) is 5.10 Å². The first kappa shape index (κ1) is 12.2. The highest BCUT2D eigenvalue weighted by Crippen LogP contribution is 2.31. The molecule has 7 heteroatoms. The average Bonchev–Trinajstić information content (AvgIpc) is 3.16. The van der Waals surface area contributed by atoms with Crippen molar-refractivity contribution in [1.82, 2.24) is 29.1 Å². The van der Waals surface area contributed by atoms with E-state index in [-0.39, 0.29) is 6.04 Å². The largest absolute Gasteiger partial charge is 0.370 e. The van der Waals surface area contributed by atoms with Gasteiger partial charge in [-0.05, 0) is 6.42 Å². The molecule has 0 saturated carbocycles. The van der Waals surface area contributed by atoms with Gasteiger partial charge in [-0.25, -0.2) is 9.67 Å². The Morgan fingerprint density at radius 1 is 1.33 bits per heavy atom. The smallest absolute Gasteiger partial charge is 0.160 e. The van der Waals surface area contributed by atoms with Crippen LogP contribution in [0.1, 0.15) is 18.0 Å². The van der Waals surface area contributed by atoms with Gasteiger partial charge in [0, 0.05) is 50.9 Å². The van der Waals surface area contributed by atoms with Gasteiger partial charge in [-0.1, -0.05) is 0 Å². The second kappa shape index (κ2) is 4.47. The minimum atomic E-state index is 0.226. The summed E-state index contributed by atoms with van der Waals surface area (Å²) in [6.45, 7) is 0.936. The van der Waals surface area contributed by atoms with Gasteiger partial charge in [0.25, 0.3) is 0 Å². The summed E-state index contributed by atoms with van der Waals surface area (Å²) in [6.07, 6.45) is 8.70. The summed E-state index contributed by atoms with van der Waals surface area (Å²) in [5.41, 5.74) is 2.08. The van der Waals surface area contributed by atoms with Gasteiger partial charge in [0.05, 0.1) is 12.2 Å². The van der Waals surface area contributed by atoms with Crippen LogP contribution in [0.4, 0.5) is 5.82 Å². The molecule has 4 heterocycles. The predicted molar refractivity (Wildman–Crippen MR) is 78.9 cm³/mol. The number of nitrogens with zero attached hydrogens (tertiary/aromatic N) is 6. The topological polar surface area (TPSA) is 65.5 Å². The minimum Gasteiger partial charge on any atom is -0.370 e. The lowest BCUT2D eigenvalue weighted by molar-refractivity contribution is 0.482. The van der Waals surface area contributed by atoms with Gasteiger partial charge in [0.2, 0.25) is 0 Å². The molecule has 7 nitrogen and oxygen atoms in total. The number of nitrogens with one attached hydrogen (secondary N) is 1. The lowest BCUT2D eigenvalue weighted by atomic mass is 10.1. The zero-order valence-electron chi connectivity index (χ0n) is 12.1. The van der Waals surface area contributed by atoms with E-state index in [1.165, 1.54) is 5.56 Å². The van der Waals surface area contributed by atoms with Crippen LogP contribution in [0.25, 0.3) is 11.5 Å². The summed E-state index contributed by atoms with van der Waals surface area (Å²) < 4.78 is 5.86. The third kappa shape index (κ3) is 1.93. The standard InChI is InChI=1S/C14H17N7/c1-19-6-5-16-14(19)11-7-13-15-4-3-12(21(13)18-11)10-8-17-20(2)9-10/h5-9,12,15H,3-4H2,1-2H3. The second-order valence-corrected chi connectivity index (χ2v) is 5.40. The molecule has 0 bridgehead atoms. The lowest BCUT2D eigenvalue weighted by Crippen LogP contribution is -2.24. The Morgan fingerprint density at radius 2 is 2.24 bits per heavy atom. The third-order valence-corrected chi connectivity index (χ3v) is 3.91. The fourth-order valence-corrected chi connectivity index (χ4v) is 2.87. The number of hydrogen-bond acceptors (Lipinski definition) is 4. The van der Waals surface area contributed by atoms with E-state index in [9.17, 15) is 0 Å². The van der Waals surface area contributed by atoms with E-state index in [1.54, 1.807) is 6.20 Å². The van der Waals surface area contributed by atoms with Crippen LogP contribution in [-0.2, 0) is 14.1 Å². The molecule has 108 valence electrons. The van der Waals surface area contributed by atoms with Crippen molar-refractivity contribution in [2.24, 2.45) is 14.1 Å². The normalized spacial score (nSPS) is 17.5. The van der Waals surface area contributed by atoms with Crippen LogP contribution >= 0.6 is 0 Å². The van der Waals surface area contributed by atoms with Gasteiger partial charge in [-0.2, -0.15) is 10.2 Å². The predicted octanol–water partition coefficient (Wildman–Crippen LogP) is 1.42. The second-order valence-electron chi connectivity index (χ2n) is 5.40. The number of aryl methyl sites for hydroxylation is 2. The zero-order chi connectivity index (χ0) is 14.4. The first-order valence-corrected chi connectivity index (χ1v) is 7.02. The van der Waals surface area contributed by atoms with Crippen molar-refractivity contribution in [3.05, 3.63) is 36.4 Å². The molecule has 0 spiro atoms. The van der Waals surface area contributed by atoms with Crippen molar-refractivity contribution < 1.29 is 0 Å². The maximum Gasteiger partial charge on any atom is 0.160 e. The van der Waals surface area contributed by atoms with Crippen molar-refractivity contribution in [2.75, 3.05) is 11.9 Å². The molecule has 21 heavy (non-hydrogen) atoms. The Balaban J connectivity index is 1.78. The maximum absolute atomic E-state index is 4.75. The molecule has 1 atom stereocenters. The van der Waals surface area contributed by atoms with E-state index in [0.717, 1.165) is 30.3 Å². The van der Waals surface area contributed by atoms with Crippen molar-refractivity contribution in [1.29, 1.82) is 0 Å². The molecule has 1 N–H and O–H groups in total. The van der Waals surface area contributed by atoms with E-state index < -0.39 is 0 Å². The van der Waals surface area contributed by atoms with Crippen LogP contribution < -0.4 is 5.32 Å². The Bertz CT molecular complexity index is 779. The van der Waals surface area contributed by atoms with Crippen molar-refractivity contribution in [2.45, 2.75) is 12.5 Å². The van der Waals surface area contributed by atoms with Gasteiger partial charge in [0.15, 0.2) is 5.82 Å². The van der Waals surface area contributed by atoms with Crippen LogP contribution in [0.2, 0.25) is 0 Å². The number of aromatic nitrogens is 6. The Hall–Kier alpha value is -2.57. The average molecular weight is 283 g/mol. The fourth-order valence-electron chi connectivity index (χ4n) is 2.87. The quantitative estimate of drug-likeness (QED) is 0.772. The summed E-state index contributed by atoms with van der Waals surface area (Å²) in [7, 11) is 3.92. The van der Waals surface area contributed by atoms with Crippen molar-refractivity contribution in [3.63, 3.8) is 0 Å². The molecule has 3 aromatic heterocycles. The van der Waals surface area contributed by atoms with Gasteiger partial charge >= 0.3 is 0 Å². The van der Waals surface area contributed by atoms with E-state index in [1.807, 2.05) is 40.4 Å². The van der Waals surface area contributed by atoms with Gasteiger partial charge in [0.1, 0.15) is 11.5 Å². The van der Waals surface area contributed by atoms with Gasteiger partial charge in [-0.3, -0.25) is 4.68 Å². The molecular formula is C14H17N7. The molecule has 0 amide bonds. The molecule has 0 fully saturated rings. The summed E-state index contributed by atoms with van der Waals surface area (Å²) in [4.78, 5) is 4.37. The van der Waals surface area contributed by atoms with Gasteiger partial charge < -0.3 is 9.88 Å². The van der Waals surface area contributed by atoms with Crippen LogP contribution in [-0.4, -0.2) is 35.7 Å². The Morgan fingerprint density at radius 3 is 2.95 bits per heavy atom. The molecule has 1 aliphatic rings. The highest BCUT2D eigenvalue weighted by Gasteiger charge is 2.25. The van der Waals surface area contributed by atoms with E-state index in [2.05, 4.69) is 27.7 Å². The summed E-state index contributed by atoms with van der Waals surface area (Å²) in [6, 6.07) is 2.29. The maximum atomic E-state index is 4.75. The number of hydrogen-bond donors (Lipinski definition) is 1. The zero-order valence-corrected chi connectivity index (χ0v) is 12.1. The van der Waals surface area contributed by atoms with Crippen molar-refractivity contribution in [3.8, 4) is 11.5 Å². The lowest BCUT2D eigenvalue weighted by Gasteiger charge is -2.24. The number of fused-ring (bicyclic) bond motifs is 1. The Kier molecular flexibility index (Phi) is 2.60. The number of imidazole rings is 1. The summed E-state index contributed by atoms with van der Waals surface area (Å²) >= 11 is 0. The molecule has 0 aliphatic carbocycles. The van der Waals surface area contributed by atoms with Crippen LogP contribution in [0.5, 0.6) is 0 Å². The third-order valence-electron chi connectivity index (χ3n) is 3.91. The molecule has 3 aromatic rings. The first-order valence-electron chi connectivity index (χ1n) is 7.02. The SMILES string of the molecule is Cn1cc(C2CCNc3cc(-c4nccn4C)nn32)cn1. The summed E-state index contributed by atoms with van der Waals surface area (Å²) in [5, 5.41) is 12.4. The monoisotopic (exact) mass is 283 g/mol. The molecule has 1 unspecified atom stereocenters.